The molecule has 1 amide bonds. The summed E-state index contributed by atoms with van der Waals surface area (Å²) < 4.78 is 0. The molecule has 1 rings (SSSR count). The van der Waals surface area contributed by atoms with Gasteiger partial charge in [0, 0.05) is 13.1 Å². The smallest absolute Gasteiger partial charge is 0.237 e. The summed E-state index contributed by atoms with van der Waals surface area (Å²) in [6.07, 6.45) is 0. The number of carbonyl (C=O) groups excluding carboxylic acids is 1. The number of benzene rings is 1. The Morgan fingerprint density at radius 3 is 2.30 bits per heavy atom. The third-order valence-electron chi connectivity index (χ3n) is 3.27. The summed E-state index contributed by atoms with van der Waals surface area (Å²) in [7, 11) is 4.07. The minimum absolute atomic E-state index is 0.0999. The molecule has 0 bridgehead atoms. The number of nitrogens with one attached hydrogen (secondary N) is 1. The van der Waals surface area contributed by atoms with Crippen LogP contribution in [0.3, 0.4) is 0 Å². The van der Waals surface area contributed by atoms with Crippen molar-refractivity contribution in [2.24, 2.45) is 11.1 Å². The molecule has 4 heteroatoms. The number of rotatable bonds is 5. The van der Waals surface area contributed by atoms with Crippen LogP contribution in [0.15, 0.2) is 24.3 Å². The first kappa shape index (κ1) is 16.7. The SMILES string of the molecule is CN(C)Cc1ccccc1CNC(=O)[C@H](N)C(C)(C)C. The molecule has 4 nitrogen and oxygen atoms in total. The zero-order valence-corrected chi connectivity index (χ0v) is 13.2. The average Bonchev–Trinajstić information content (AvgIpc) is 2.34. The van der Waals surface area contributed by atoms with Crippen LogP contribution in [0.1, 0.15) is 31.9 Å². The standard InChI is InChI=1S/C16H27N3O/c1-16(2,3)14(17)15(20)18-10-12-8-6-7-9-13(12)11-19(4)5/h6-9,14H,10-11,17H2,1-5H3,(H,18,20)/t14-/m0/s1. The lowest BCUT2D eigenvalue weighted by Gasteiger charge is -2.26. The first-order valence-electron chi connectivity index (χ1n) is 6.96. The molecule has 112 valence electrons. The molecule has 20 heavy (non-hydrogen) atoms. The van der Waals surface area contributed by atoms with E-state index in [1.807, 2.05) is 53.1 Å². The van der Waals surface area contributed by atoms with E-state index in [0.717, 1.165) is 12.1 Å². The Hall–Kier alpha value is -1.39. The van der Waals surface area contributed by atoms with Crippen molar-refractivity contribution in [3.05, 3.63) is 35.4 Å². The van der Waals surface area contributed by atoms with Gasteiger partial charge in [-0.2, -0.15) is 0 Å². The lowest BCUT2D eigenvalue weighted by molar-refractivity contribution is -0.124. The van der Waals surface area contributed by atoms with Crippen molar-refractivity contribution in [1.29, 1.82) is 0 Å². The second-order valence-corrected chi connectivity index (χ2v) is 6.57. The highest BCUT2D eigenvalue weighted by Crippen LogP contribution is 2.17. The fourth-order valence-electron chi connectivity index (χ4n) is 1.91. The summed E-state index contributed by atoms with van der Waals surface area (Å²) in [6, 6.07) is 7.64. The summed E-state index contributed by atoms with van der Waals surface area (Å²) in [6.45, 7) is 7.29. The fraction of sp³-hybridized carbons (Fsp3) is 0.562. The van der Waals surface area contributed by atoms with Crippen LogP contribution < -0.4 is 11.1 Å². The van der Waals surface area contributed by atoms with Crippen LogP contribution in [-0.2, 0) is 17.9 Å². The quantitative estimate of drug-likeness (QED) is 0.862. The average molecular weight is 277 g/mol. The Morgan fingerprint density at radius 1 is 1.25 bits per heavy atom. The van der Waals surface area contributed by atoms with Crippen molar-refractivity contribution in [2.45, 2.75) is 39.9 Å². The molecule has 1 aromatic carbocycles. The van der Waals surface area contributed by atoms with Gasteiger partial charge in [0.15, 0.2) is 0 Å². The second kappa shape index (κ2) is 6.86. The van der Waals surface area contributed by atoms with E-state index in [9.17, 15) is 4.79 Å². The number of carbonyl (C=O) groups is 1. The molecule has 3 N–H and O–H groups in total. The highest BCUT2D eigenvalue weighted by molar-refractivity contribution is 5.82. The van der Waals surface area contributed by atoms with Gasteiger partial charge < -0.3 is 16.0 Å². The number of hydrogen-bond donors (Lipinski definition) is 2. The van der Waals surface area contributed by atoms with E-state index in [2.05, 4.69) is 16.3 Å². The van der Waals surface area contributed by atoms with Gasteiger partial charge in [0.2, 0.25) is 5.91 Å². The molecule has 0 aliphatic heterocycles. The normalized spacial score (nSPS) is 13.3. The first-order valence-corrected chi connectivity index (χ1v) is 6.96. The van der Waals surface area contributed by atoms with Gasteiger partial charge in [0.1, 0.15) is 0 Å². The monoisotopic (exact) mass is 277 g/mol. The Bertz CT molecular complexity index is 449. The van der Waals surface area contributed by atoms with E-state index in [1.54, 1.807) is 0 Å². The fourth-order valence-corrected chi connectivity index (χ4v) is 1.91. The van der Waals surface area contributed by atoms with Crippen LogP contribution in [0.25, 0.3) is 0 Å². The van der Waals surface area contributed by atoms with Crippen LogP contribution in [0.2, 0.25) is 0 Å². The van der Waals surface area contributed by atoms with Crippen LogP contribution >= 0.6 is 0 Å². The lowest BCUT2D eigenvalue weighted by atomic mass is 9.87. The van der Waals surface area contributed by atoms with Crippen molar-refractivity contribution in [2.75, 3.05) is 14.1 Å². The highest BCUT2D eigenvalue weighted by atomic mass is 16.2. The van der Waals surface area contributed by atoms with Crippen LogP contribution in [-0.4, -0.2) is 30.9 Å². The topological polar surface area (TPSA) is 58.4 Å². The summed E-state index contributed by atoms with van der Waals surface area (Å²) in [4.78, 5) is 14.2. The Labute approximate surface area is 122 Å². The third kappa shape index (κ3) is 4.94. The minimum Gasteiger partial charge on any atom is -0.351 e. The van der Waals surface area contributed by atoms with Crippen LogP contribution in [0, 0.1) is 5.41 Å². The summed E-state index contributed by atoms with van der Waals surface area (Å²) >= 11 is 0. The van der Waals surface area contributed by atoms with Gasteiger partial charge in [-0.1, -0.05) is 45.0 Å². The van der Waals surface area contributed by atoms with E-state index in [4.69, 9.17) is 5.73 Å². The second-order valence-electron chi connectivity index (χ2n) is 6.57. The molecule has 0 aliphatic carbocycles. The molecule has 1 aromatic rings. The molecule has 0 unspecified atom stereocenters. The lowest BCUT2D eigenvalue weighted by Crippen LogP contribution is -2.48. The number of nitrogens with two attached hydrogens (primary N) is 1. The molecule has 0 radical (unpaired) electrons. The van der Waals surface area contributed by atoms with Crippen molar-refractivity contribution >= 4 is 5.91 Å². The maximum Gasteiger partial charge on any atom is 0.237 e. The zero-order valence-electron chi connectivity index (χ0n) is 13.2. The van der Waals surface area contributed by atoms with Crippen molar-refractivity contribution in [1.82, 2.24) is 10.2 Å². The summed E-state index contributed by atoms with van der Waals surface area (Å²) in [5, 5.41) is 2.94. The van der Waals surface area contributed by atoms with Crippen molar-refractivity contribution < 1.29 is 4.79 Å². The Balaban J connectivity index is 2.68. The largest absolute Gasteiger partial charge is 0.351 e. The highest BCUT2D eigenvalue weighted by Gasteiger charge is 2.27. The van der Waals surface area contributed by atoms with E-state index in [1.165, 1.54) is 5.56 Å². The van der Waals surface area contributed by atoms with Gasteiger partial charge in [-0.3, -0.25) is 4.79 Å². The van der Waals surface area contributed by atoms with E-state index in [-0.39, 0.29) is 11.3 Å². The first-order chi connectivity index (χ1) is 9.21. The summed E-state index contributed by atoms with van der Waals surface area (Å²) in [5.74, 6) is -0.0999. The van der Waals surface area contributed by atoms with Gasteiger partial charge in [0.05, 0.1) is 6.04 Å². The van der Waals surface area contributed by atoms with E-state index >= 15 is 0 Å². The van der Waals surface area contributed by atoms with E-state index < -0.39 is 6.04 Å². The Kier molecular flexibility index (Phi) is 5.72. The van der Waals surface area contributed by atoms with E-state index in [0.29, 0.717) is 6.54 Å². The maximum absolute atomic E-state index is 12.0. The minimum atomic E-state index is -0.497. The molecule has 0 saturated carbocycles. The molecule has 1 atom stereocenters. The molecule has 0 fully saturated rings. The van der Waals surface area contributed by atoms with Gasteiger partial charge >= 0.3 is 0 Å². The number of hydrogen-bond acceptors (Lipinski definition) is 3. The molecular formula is C16H27N3O. The van der Waals surface area contributed by atoms with Gasteiger partial charge in [-0.05, 0) is 30.6 Å². The number of nitrogens with zero attached hydrogens (tertiary/aromatic N) is 1. The van der Waals surface area contributed by atoms with Crippen molar-refractivity contribution in [3.8, 4) is 0 Å². The number of amides is 1. The van der Waals surface area contributed by atoms with Gasteiger partial charge in [-0.15, -0.1) is 0 Å². The molecule has 0 aliphatic rings. The maximum atomic E-state index is 12.0. The zero-order chi connectivity index (χ0) is 15.3. The molecular weight excluding hydrogens is 250 g/mol. The molecule has 0 aromatic heterocycles. The van der Waals surface area contributed by atoms with Crippen LogP contribution in [0.4, 0.5) is 0 Å². The predicted molar refractivity (Wildman–Crippen MR) is 83.1 cm³/mol. The van der Waals surface area contributed by atoms with Crippen LogP contribution in [0.5, 0.6) is 0 Å². The van der Waals surface area contributed by atoms with Crippen molar-refractivity contribution in [3.63, 3.8) is 0 Å². The van der Waals surface area contributed by atoms with Gasteiger partial charge in [-0.25, -0.2) is 0 Å². The predicted octanol–water partition coefficient (Wildman–Crippen LogP) is 1.74. The molecule has 0 spiro atoms. The van der Waals surface area contributed by atoms with Gasteiger partial charge in [0.25, 0.3) is 0 Å². The summed E-state index contributed by atoms with van der Waals surface area (Å²) in [5.41, 5.74) is 8.09. The molecule has 0 saturated heterocycles. The third-order valence-corrected chi connectivity index (χ3v) is 3.27. The Morgan fingerprint density at radius 2 is 1.80 bits per heavy atom. The molecule has 0 heterocycles.